The maximum absolute atomic E-state index is 13.3. The Kier molecular flexibility index (Phi) is 3.38. The molecule has 0 radical (unpaired) electrons. The molecule has 0 aliphatic rings. The van der Waals surface area contributed by atoms with Crippen molar-refractivity contribution in [3.05, 3.63) is 46.2 Å². The minimum atomic E-state index is -0.625. The molecule has 1 aromatic carbocycles. The molecule has 1 aromatic heterocycles. The van der Waals surface area contributed by atoms with Crippen LogP contribution in [0.15, 0.2) is 24.7 Å². The first-order valence-corrected chi connectivity index (χ1v) is 5.69. The van der Waals surface area contributed by atoms with Gasteiger partial charge in [0, 0.05) is 11.7 Å². The summed E-state index contributed by atoms with van der Waals surface area (Å²) in [5, 5.41) is -0.0614. The van der Waals surface area contributed by atoms with Gasteiger partial charge in [0.2, 0.25) is 0 Å². The van der Waals surface area contributed by atoms with Crippen LogP contribution in [0.3, 0.4) is 0 Å². The van der Waals surface area contributed by atoms with E-state index in [4.69, 9.17) is 28.9 Å². The summed E-state index contributed by atoms with van der Waals surface area (Å²) in [5.74, 6) is -0.625. The van der Waals surface area contributed by atoms with Gasteiger partial charge in [0.1, 0.15) is 0 Å². The first kappa shape index (κ1) is 12.4. The number of nitrogens with zero attached hydrogens (tertiary/aromatic N) is 2. The molecule has 0 amide bonds. The fourth-order valence-electron chi connectivity index (χ4n) is 1.54. The molecular formula is C11H10Cl2FN3. The van der Waals surface area contributed by atoms with Crippen LogP contribution in [-0.2, 0) is 0 Å². The average molecular weight is 274 g/mol. The first-order valence-electron chi connectivity index (χ1n) is 4.93. The van der Waals surface area contributed by atoms with E-state index in [1.807, 2.05) is 6.92 Å². The summed E-state index contributed by atoms with van der Waals surface area (Å²) in [7, 11) is 0. The standard InChI is InChI=1S/C11H10Cl2FN3/c1-6(15)10-4-16-5-17(10)7-2-8(12)11(14)9(13)3-7/h2-6H,15H2,1H3. The van der Waals surface area contributed by atoms with E-state index < -0.39 is 5.82 Å². The summed E-state index contributed by atoms with van der Waals surface area (Å²) in [6.45, 7) is 1.83. The number of imidazole rings is 1. The zero-order valence-electron chi connectivity index (χ0n) is 8.99. The molecule has 6 heteroatoms. The van der Waals surface area contributed by atoms with Crippen LogP contribution in [0.2, 0.25) is 10.0 Å². The van der Waals surface area contributed by atoms with Gasteiger partial charge in [0.15, 0.2) is 5.82 Å². The van der Waals surface area contributed by atoms with Gasteiger partial charge in [-0.1, -0.05) is 23.2 Å². The van der Waals surface area contributed by atoms with Gasteiger partial charge in [-0.15, -0.1) is 0 Å². The number of hydrogen-bond acceptors (Lipinski definition) is 2. The molecule has 0 aliphatic heterocycles. The normalized spacial score (nSPS) is 12.8. The van der Waals surface area contributed by atoms with Crippen molar-refractivity contribution in [2.75, 3.05) is 0 Å². The van der Waals surface area contributed by atoms with E-state index in [1.54, 1.807) is 17.1 Å². The fraction of sp³-hybridized carbons (Fsp3) is 0.182. The van der Waals surface area contributed by atoms with Crippen LogP contribution < -0.4 is 5.73 Å². The van der Waals surface area contributed by atoms with E-state index in [1.165, 1.54) is 12.1 Å². The predicted octanol–water partition coefficient (Wildman–Crippen LogP) is 3.34. The lowest BCUT2D eigenvalue weighted by Gasteiger charge is -2.11. The molecule has 1 atom stereocenters. The number of halogens is 3. The Morgan fingerprint density at radius 2 is 1.94 bits per heavy atom. The maximum atomic E-state index is 13.3. The molecule has 0 saturated heterocycles. The molecule has 0 spiro atoms. The molecule has 2 rings (SSSR count). The SMILES string of the molecule is CC(N)c1cncn1-c1cc(Cl)c(F)c(Cl)c1. The number of nitrogens with two attached hydrogens (primary N) is 1. The van der Waals surface area contributed by atoms with Crippen molar-refractivity contribution in [1.82, 2.24) is 9.55 Å². The van der Waals surface area contributed by atoms with E-state index >= 15 is 0 Å². The lowest BCUT2D eigenvalue weighted by Crippen LogP contribution is -2.10. The highest BCUT2D eigenvalue weighted by atomic mass is 35.5. The van der Waals surface area contributed by atoms with Gasteiger partial charge in [0.05, 0.1) is 28.3 Å². The first-order chi connectivity index (χ1) is 8.00. The summed E-state index contributed by atoms with van der Waals surface area (Å²) in [4.78, 5) is 4.00. The van der Waals surface area contributed by atoms with Gasteiger partial charge in [-0.05, 0) is 19.1 Å². The van der Waals surface area contributed by atoms with Crippen molar-refractivity contribution in [2.24, 2.45) is 5.73 Å². The molecule has 0 bridgehead atoms. The van der Waals surface area contributed by atoms with Crippen molar-refractivity contribution in [3.63, 3.8) is 0 Å². The van der Waals surface area contributed by atoms with E-state index in [-0.39, 0.29) is 16.1 Å². The molecule has 3 nitrogen and oxygen atoms in total. The Labute approximate surface area is 108 Å². The molecule has 1 unspecified atom stereocenters. The summed E-state index contributed by atoms with van der Waals surface area (Å²) < 4.78 is 15.0. The van der Waals surface area contributed by atoms with E-state index in [0.717, 1.165) is 5.69 Å². The topological polar surface area (TPSA) is 43.8 Å². The van der Waals surface area contributed by atoms with Crippen molar-refractivity contribution in [1.29, 1.82) is 0 Å². The quantitative estimate of drug-likeness (QED) is 0.853. The number of rotatable bonds is 2. The van der Waals surface area contributed by atoms with Gasteiger partial charge >= 0.3 is 0 Å². The van der Waals surface area contributed by atoms with Crippen LogP contribution in [0, 0.1) is 5.82 Å². The molecule has 2 aromatic rings. The molecule has 0 aliphatic carbocycles. The second-order valence-corrected chi connectivity index (χ2v) is 4.51. The van der Waals surface area contributed by atoms with Gasteiger partial charge in [-0.25, -0.2) is 9.37 Å². The molecule has 2 N–H and O–H groups in total. The Morgan fingerprint density at radius 1 is 1.35 bits per heavy atom. The average Bonchev–Trinajstić information content (AvgIpc) is 2.74. The van der Waals surface area contributed by atoms with Crippen LogP contribution in [0.1, 0.15) is 18.7 Å². The van der Waals surface area contributed by atoms with Crippen LogP contribution in [0.4, 0.5) is 4.39 Å². The zero-order valence-corrected chi connectivity index (χ0v) is 10.5. The Balaban J connectivity index is 2.57. The minimum Gasteiger partial charge on any atom is -0.323 e. The summed E-state index contributed by atoms with van der Waals surface area (Å²) in [5.41, 5.74) is 7.23. The third-order valence-corrected chi connectivity index (χ3v) is 2.93. The molecule has 0 saturated carbocycles. The Morgan fingerprint density at radius 3 is 2.47 bits per heavy atom. The van der Waals surface area contributed by atoms with E-state index in [2.05, 4.69) is 4.98 Å². The van der Waals surface area contributed by atoms with Crippen molar-refractivity contribution in [2.45, 2.75) is 13.0 Å². The largest absolute Gasteiger partial charge is 0.323 e. The van der Waals surface area contributed by atoms with Gasteiger partial charge in [-0.3, -0.25) is 0 Å². The van der Waals surface area contributed by atoms with Crippen LogP contribution in [-0.4, -0.2) is 9.55 Å². The highest BCUT2D eigenvalue weighted by molar-refractivity contribution is 6.35. The van der Waals surface area contributed by atoms with E-state index in [0.29, 0.717) is 5.69 Å². The second kappa shape index (κ2) is 4.64. The van der Waals surface area contributed by atoms with Crippen LogP contribution in [0.25, 0.3) is 5.69 Å². The van der Waals surface area contributed by atoms with Crippen LogP contribution in [0.5, 0.6) is 0 Å². The zero-order chi connectivity index (χ0) is 12.6. The molecule has 0 fully saturated rings. The van der Waals surface area contributed by atoms with Crippen molar-refractivity contribution < 1.29 is 4.39 Å². The predicted molar refractivity (Wildman–Crippen MR) is 66.1 cm³/mol. The number of hydrogen-bond donors (Lipinski definition) is 1. The summed E-state index contributed by atoms with van der Waals surface area (Å²) >= 11 is 11.5. The van der Waals surface area contributed by atoms with Crippen molar-refractivity contribution in [3.8, 4) is 5.69 Å². The third-order valence-electron chi connectivity index (χ3n) is 2.38. The van der Waals surface area contributed by atoms with Gasteiger partial charge < -0.3 is 10.3 Å². The molecule has 17 heavy (non-hydrogen) atoms. The van der Waals surface area contributed by atoms with E-state index in [9.17, 15) is 4.39 Å². The smallest absolute Gasteiger partial charge is 0.160 e. The van der Waals surface area contributed by atoms with Gasteiger partial charge in [-0.2, -0.15) is 0 Å². The fourth-order valence-corrected chi connectivity index (χ4v) is 2.01. The van der Waals surface area contributed by atoms with Gasteiger partial charge in [0.25, 0.3) is 0 Å². The summed E-state index contributed by atoms with van der Waals surface area (Å²) in [6, 6.07) is 2.77. The monoisotopic (exact) mass is 273 g/mol. The van der Waals surface area contributed by atoms with Crippen molar-refractivity contribution >= 4 is 23.2 Å². The summed E-state index contributed by atoms with van der Waals surface area (Å²) in [6.07, 6.45) is 3.23. The minimum absolute atomic E-state index is 0.0307. The molecule has 90 valence electrons. The molecular weight excluding hydrogens is 264 g/mol. The van der Waals surface area contributed by atoms with Crippen LogP contribution >= 0.6 is 23.2 Å². The highest BCUT2D eigenvalue weighted by Gasteiger charge is 2.12. The lowest BCUT2D eigenvalue weighted by atomic mass is 10.2. The third kappa shape index (κ3) is 2.29. The second-order valence-electron chi connectivity index (χ2n) is 3.70. The molecule has 1 heterocycles. The Bertz CT molecular complexity index is 528. The lowest BCUT2D eigenvalue weighted by molar-refractivity contribution is 0.628. The number of benzene rings is 1. The number of aromatic nitrogens is 2. The maximum Gasteiger partial charge on any atom is 0.160 e. The highest BCUT2D eigenvalue weighted by Crippen LogP contribution is 2.27. The Hall–Kier alpha value is -1.10.